The third-order valence-electron chi connectivity index (χ3n) is 2.27. The monoisotopic (exact) mass is 241 g/mol. The van der Waals surface area contributed by atoms with Gasteiger partial charge in [0.05, 0.1) is 0 Å². The Morgan fingerprint density at radius 3 is 2.38 bits per heavy atom. The second-order valence-corrected chi connectivity index (χ2v) is 6.31. The summed E-state index contributed by atoms with van der Waals surface area (Å²) in [6.45, 7) is 3.05. The van der Waals surface area contributed by atoms with Crippen molar-refractivity contribution >= 4 is 10.8 Å². The Morgan fingerprint density at radius 1 is 1.31 bits per heavy atom. The Hall–Kier alpha value is -1.23. The lowest BCUT2D eigenvalue weighted by molar-refractivity contribution is -0.483. The van der Waals surface area contributed by atoms with Crippen LogP contribution in [0, 0.1) is 10.1 Å². The standard InChI is InChI=1S/C11H15NO3S/c1-11(2,9-12(13)14)16(15)8-10-6-4-3-5-7-10/h3-7H,8-9H2,1-2H3. The zero-order valence-electron chi connectivity index (χ0n) is 9.38. The molecule has 0 aromatic heterocycles. The molecule has 4 nitrogen and oxygen atoms in total. The van der Waals surface area contributed by atoms with Crippen LogP contribution in [0.2, 0.25) is 0 Å². The minimum absolute atomic E-state index is 0.271. The van der Waals surface area contributed by atoms with E-state index in [1.54, 1.807) is 13.8 Å². The second-order valence-electron chi connectivity index (χ2n) is 4.23. The first-order valence-corrected chi connectivity index (χ1v) is 6.28. The molecule has 0 radical (unpaired) electrons. The van der Waals surface area contributed by atoms with Crippen molar-refractivity contribution in [3.8, 4) is 0 Å². The first-order chi connectivity index (χ1) is 7.42. The molecule has 0 bridgehead atoms. The molecule has 1 rings (SSSR count). The molecule has 0 amide bonds. The molecule has 0 saturated heterocycles. The predicted molar refractivity (Wildman–Crippen MR) is 64.2 cm³/mol. The van der Waals surface area contributed by atoms with Crippen LogP contribution in [0.15, 0.2) is 30.3 Å². The Labute approximate surface area is 97.3 Å². The van der Waals surface area contributed by atoms with Crippen molar-refractivity contribution in [2.75, 3.05) is 6.54 Å². The smallest absolute Gasteiger partial charge is 0.220 e. The minimum Gasteiger partial charge on any atom is -0.264 e. The Balaban J connectivity index is 2.68. The van der Waals surface area contributed by atoms with Crippen LogP contribution in [0.5, 0.6) is 0 Å². The van der Waals surface area contributed by atoms with Crippen molar-refractivity contribution in [2.45, 2.75) is 24.3 Å². The van der Waals surface area contributed by atoms with Crippen LogP contribution in [-0.2, 0) is 16.6 Å². The summed E-state index contributed by atoms with van der Waals surface area (Å²) in [5.41, 5.74) is 0.942. The molecule has 0 aliphatic rings. The second kappa shape index (κ2) is 5.21. The normalized spacial score (nSPS) is 13.4. The van der Waals surface area contributed by atoms with Crippen LogP contribution < -0.4 is 0 Å². The van der Waals surface area contributed by atoms with Gasteiger partial charge in [-0.3, -0.25) is 14.3 Å². The summed E-state index contributed by atoms with van der Waals surface area (Å²) in [6, 6.07) is 9.37. The quantitative estimate of drug-likeness (QED) is 0.585. The van der Waals surface area contributed by atoms with Gasteiger partial charge in [-0.05, 0) is 19.4 Å². The molecule has 0 aliphatic heterocycles. The predicted octanol–water partition coefficient (Wildman–Crippen LogP) is 1.99. The van der Waals surface area contributed by atoms with Crippen molar-refractivity contribution in [3.63, 3.8) is 0 Å². The third-order valence-corrected chi connectivity index (χ3v) is 4.22. The Morgan fingerprint density at radius 2 is 1.88 bits per heavy atom. The summed E-state index contributed by atoms with van der Waals surface area (Å²) in [4.78, 5) is 10.0. The molecule has 5 heteroatoms. The van der Waals surface area contributed by atoms with Crippen LogP contribution in [0.4, 0.5) is 0 Å². The zero-order valence-corrected chi connectivity index (χ0v) is 10.2. The molecule has 1 unspecified atom stereocenters. The molecule has 88 valence electrons. The van der Waals surface area contributed by atoms with Gasteiger partial charge in [-0.15, -0.1) is 0 Å². The van der Waals surface area contributed by atoms with Gasteiger partial charge in [-0.1, -0.05) is 30.3 Å². The van der Waals surface area contributed by atoms with Crippen molar-refractivity contribution < 1.29 is 9.13 Å². The lowest BCUT2D eigenvalue weighted by Gasteiger charge is -2.18. The van der Waals surface area contributed by atoms with E-state index >= 15 is 0 Å². The number of nitro groups is 1. The van der Waals surface area contributed by atoms with Crippen molar-refractivity contribution in [1.29, 1.82) is 0 Å². The molecular formula is C11H15NO3S. The molecule has 0 spiro atoms. The van der Waals surface area contributed by atoms with Crippen LogP contribution in [0.1, 0.15) is 19.4 Å². The van der Waals surface area contributed by atoms with E-state index in [4.69, 9.17) is 0 Å². The van der Waals surface area contributed by atoms with E-state index in [0.29, 0.717) is 5.75 Å². The molecule has 16 heavy (non-hydrogen) atoms. The summed E-state index contributed by atoms with van der Waals surface area (Å²) in [6.07, 6.45) is 0. The molecule has 1 aromatic carbocycles. The first-order valence-electron chi connectivity index (χ1n) is 4.96. The molecule has 0 saturated carbocycles. The molecule has 1 atom stereocenters. The Kier molecular flexibility index (Phi) is 4.18. The average Bonchev–Trinajstić information content (AvgIpc) is 2.17. The minimum atomic E-state index is -1.24. The third kappa shape index (κ3) is 3.73. The maximum absolute atomic E-state index is 12.0. The summed E-state index contributed by atoms with van der Waals surface area (Å²) < 4.78 is 11.2. The first kappa shape index (κ1) is 12.8. The number of hydrogen-bond acceptors (Lipinski definition) is 3. The highest BCUT2D eigenvalue weighted by molar-refractivity contribution is 7.85. The molecule has 0 heterocycles. The van der Waals surface area contributed by atoms with E-state index in [0.717, 1.165) is 5.56 Å². The maximum Gasteiger partial charge on any atom is 0.220 e. The van der Waals surface area contributed by atoms with Gasteiger partial charge < -0.3 is 0 Å². The van der Waals surface area contributed by atoms with Crippen molar-refractivity contribution in [2.24, 2.45) is 0 Å². The summed E-state index contributed by atoms with van der Waals surface area (Å²) in [5, 5.41) is 10.4. The van der Waals surface area contributed by atoms with Crippen molar-refractivity contribution in [1.82, 2.24) is 0 Å². The largest absolute Gasteiger partial charge is 0.264 e. The fraction of sp³-hybridized carbons (Fsp3) is 0.455. The van der Waals surface area contributed by atoms with E-state index < -0.39 is 20.5 Å². The van der Waals surface area contributed by atoms with Gasteiger partial charge in [-0.2, -0.15) is 0 Å². The number of nitrogens with zero attached hydrogens (tertiary/aromatic N) is 1. The zero-order chi connectivity index (χ0) is 12.2. The lowest BCUT2D eigenvalue weighted by Crippen LogP contribution is -2.35. The van der Waals surface area contributed by atoms with Gasteiger partial charge >= 0.3 is 0 Å². The van der Waals surface area contributed by atoms with E-state index in [-0.39, 0.29) is 6.54 Å². The highest BCUT2D eigenvalue weighted by atomic mass is 32.2. The number of hydrogen-bond donors (Lipinski definition) is 0. The van der Waals surface area contributed by atoms with E-state index in [2.05, 4.69) is 0 Å². The topological polar surface area (TPSA) is 60.2 Å². The van der Waals surface area contributed by atoms with Crippen LogP contribution in [-0.4, -0.2) is 20.4 Å². The fourth-order valence-corrected chi connectivity index (χ4v) is 2.44. The molecule has 0 fully saturated rings. The maximum atomic E-state index is 12.0. The van der Waals surface area contributed by atoms with E-state index in [1.807, 2.05) is 30.3 Å². The van der Waals surface area contributed by atoms with E-state index in [9.17, 15) is 14.3 Å². The van der Waals surface area contributed by atoms with Gasteiger partial charge in [0.2, 0.25) is 6.54 Å². The summed E-state index contributed by atoms with van der Waals surface area (Å²) >= 11 is 0. The summed E-state index contributed by atoms with van der Waals surface area (Å²) in [5.74, 6) is 0.363. The van der Waals surface area contributed by atoms with Gasteiger partial charge in [0.15, 0.2) is 0 Å². The van der Waals surface area contributed by atoms with Crippen LogP contribution in [0.3, 0.4) is 0 Å². The van der Waals surface area contributed by atoms with Gasteiger partial charge in [-0.25, -0.2) is 0 Å². The molecule has 0 N–H and O–H groups in total. The van der Waals surface area contributed by atoms with Crippen LogP contribution in [0.25, 0.3) is 0 Å². The van der Waals surface area contributed by atoms with Crippen LogP contribution >= 0.6 is 0 Å². The van der Waals surface area contributed by atoms with Gasteiger partial charge in [0.1, 0.15) is 4.75 Å². The highest BCUT2D eigenvalue weighted by Gasteiger charge is 2.31. The van der Waals surface area contributed by atoms with E-state index in [1.165, 1.54) is 0 Å². The van der Waals surface area contributed by atoms with Gasteiger partial charge in [0.25, 0.3) is 0 Å². The van der Waals surface area contributed by atoms with Crippen molar-refractivity contribution in [3.05, 3.63) is 46.0 Å². The summed E-state index contributed by atoms with van der Waals surface area (Å²) in [7, 11) is -1.24. The molecule has 0 aliphatic carbocycles. The Bertz CT molecular complexity index is 389. The average molecular weight is 241 g/mol. The number of rotatable bonds is 5. The fourth-order valence-electron chi connectivity index (χ4n) is 1.30. The number of benzene rings is 1. The van der Waals surface area contributed by atoms with Gasteiger partial charge in [0, 0.05) is 21.5 Å². The lowest BCUT2D eigenvalue weighted by atomic mass is 10.2. The SMILES string of the molecule is CC(C)(C[N+](=O)[O-])S(=O)Cc1ccccc1. The highest BCUT2D eigenvalue weighted by Crippen LogP contribution is 2.17. The molecule has 1 aromatic rings. The molecular weight excluding hydrogens is 226 g/mol.